The molecule has 0 spiro atoms. The molecule has 35 heavy (non-hydrogen) atoms. The summed E-state index contributed by atoms with van der Waals surface area (Å²) >= 11 is 0. The Morgan fingerprint density at radius 3 is 1.71 bits per heavy atom. The van der Waals surface area contributed by atoms with Crippen molar-refractivity contribution >= 4 is 29.8 Å². The third kappa shape index (κ3) is 8.50. The van der Waals surface area contributed by atoms with Crippen molar-refractivity contribution in [1.29, 1.82) is 0 Å². The second kappa shape index (κ2) is 12.9. The Morgan fingerprint density at radius 1 is 0.800 bits per heavy atom. The van der Waals surface area contributed by atoms with Gasteiger partial charge in [0.15, 0.2) is 0 Å². The zero-order chi connectivity index (χ0) is 26.2. The third-order valence-electron chi connectivity index (χ3n) is 7.10. The van der Waals surface area contributed by atoms with Crippen LogP contribution in [-0.4, -0.2) is 58.4 Å². The number of hydrogen-bond acceptors (Lipinski definition) is 8. The van der Waals surface area contributed by atoms with Crippen molar-refractivity contribution in [1.82, 2.24) is 0 Å². The summed E-state index contributed by atoms with van der Waals surface area (Å²) in [7, 11) is 0. The summed E-state index contributed by atoms with van der Waals surface area (Å²) in [5.74, 6) is -7.60. The van der Waals surface area contributed by atoms with Crippen LogP contribution in [0.1, 0.15) is 85.0 Å². The van der Waals surface area contributed by atoms with Crippen molar-refractivity contribution < 1.29 is 48.4 Å². The molecule has 2 aliphatic rings. The lowest BCUT2D eigenvalue weighted by atomic mass is 9.79. The van der Waals surface area contributed by atoms with Gasteiger partial charge in [-0.1, -0.05) is 32.6 Å². The zero-order valence-corrected chi connectivity index (χ0v) is 20.8. The predicted octanol–water partition coefficient (Wildman–Crippen LogP) is 3.35. The molecule has 0 bridgehead atoms. The minimum atomic E-state index is -1.17. The van der Waals surface area contributed by atoms with Crippen LogP contribution in [0.25, 0.3) is 0 Å². The van der Waals surface area contributed by atoms with Crippen molar-refractivity contribution in [3.8, 4) is 0 Å². The number of carboxylic acids is 2. The van der Waals surface area contributed by atoms with Crippen molar-refractivity contribution in [3.63, 3.8) is 0 Å². The molecule has 0 radical (unpaired) electrons. The van der Waals surface area contributed by atoms with E-state index < -0.39 is 71.8 Å². The molecule has 0 aromatic carbocycles. The highest BCUT2D eigenvalue weighted by atomic mass is 16.6. The molecule has 198 valence electrons. The lowest BCUT2D eigenvalue weighted by molar-refractivity contribution is -0.176. The maximum Gasteiger partial charge on any atom is 0.310 e. The molecular formula is C25H38O10. The molecule has 2 fully saturated rings. The molecule has 2 rings (SSSR count). The van der Waals surface area contributed by atoms with Gasteiger partial charge in [0.25, 0.3) is 0 Å². The van der Waals surface area contributed by atoms with Gasteiger partial charge in [-0.2, -0.15) is 0 Å². The minimum Gasteiger partial charge on any atom is -0.481 e. The Morgan fingerprint density at radius 2 is 1.26 bits per heavy atom. The first-order chi connectivity index (χ1) is 16.4. The quantitative estimate of drug-likeness (QED) is 0.320. The van der Waals surface area contributed by atoms with E-state index in [-0.39, 0.29) is 6.42 Å². The smallest absolute Gasteiger partial charge is 0.310 e. The van der Waals surface area contributed by atoms with Crippen LogP contribution in [0.2, 0.25) is 0 Å². The molecule has 5 unspecified atom stereocenters. The van der Waals surface area contributed by atoms with Gasteiger partial charge in [-0.15, -0.1) is 0 Å². The zero-order valence-electron chi connectivity index (χ0n) is 20.8. The molecule has 0 aromatic heterocycles. The van der Waals surface area contributed by atoms with E-state index >= 15 is 0 Å². The second-order valence-corrected chi connectivity index (χ2v) is 10.2. The molecular weight excluding hydrogens is 460 g/mol. The van der Waals surface area contributed by atoms with Gasteiger partial charge >= 0.3 is 29.8 Å². The fourth-order valence-corrected chi connectivity index (χ4v) is 4.69. The lowest BCUT2D eigenvalue weighted by Gasteiger charge is -2.30. The van der Waals surface area contributed by atoms with E-state index in [9.17, 15) is 34.2 Å². The monoisotopic (exact) mass is 498 g/mol. The standard InChI is InChI=1S/C25H38O10/c1-4-25(2,3)35-20(26)13-15(34-24(32)19-12-8-6-10-17(19)22(29)30)14-33-23(31)18-11-7-5-9-16(18)21(27)28/h15-19H,4-14H2,1-3H3,(H,27,28)(H,29,30). The van der Waals surface area contributed by atoms with Crippen LogP contribution in [-0.2, 0) is 38.2 Å². The normalized spacial score (nSPS) is 25.7. The van der Waals surface area contributed by atoms with Gasteiger partial charge in [-0.25, -0.2) is 0 Å². The summed E-state index contributed by atoms with van der Waals surface area (Å²) in [5.41, 5.74) is -0.739. The maximum absolute atomic E-state index is 12.9. The van der Waals surface area contributed by atoms with E-state index in [2.05, 4.69) is 0 Å². The summed E-state index contributed by atoms with van der Waals surface area (Å²) in [6, 6.07) is 0. The van der Waals surface area contributed by atoms with E-state index in [1.54, 1.807) is 13.8 Å². The van der Waals surface area contributed by atoms with Crippen LogP contribution < -0.4 is 0 Å². The van der Waals surface area contributed by atoms with Crippen LogP contribution in [0.15, 0.2) is 0 Å². The predicted molar refractivity (Wildman–Crippen MR) is 122 cm³/mol. The molecule has 0 aromatic rings. The summed E-state index contributed by atoms with van der Waals surface area (Å²) < 4.78 is 16.3. The summed E-state index contributed by atoms with van der Waals surface area (Å²) in [4.78, 5) is 61.2. The number of ether oxygens (including phenoxy) is 3. The van der Waals surface area contributed by atoms with Gasteiger partial charge in [-0.3, -0.25) is 24.0 Å². The molecule has 10 nitrogen and oxygen atoms in total. The Hall–Kier alpha value is -2.65. The average molecular weight is 499 g/mol. The van der Waals surface area contributed by atoms with Gasteiger partial charge in [0.1, 0.15) is 18.3 Å². The van der Waals surface area contributed by atoms with Crippen molar-refractivity contribution in [3.05, 3.63) is 0 Å². The average Bonchev–Trinajstić information content (AvgIpc) is 2.81. The summed E-state index contributed by atoms with van der Waals surface area (Å²) in [6.07, 6.45) is 3.30. The molecule has 0 saturated heterocycles. The first-order valence-electron chi connectivity index (χ1n) is 12.5. The summed E-state index contributed by atoms with van der Waals surface area (Å²) in [6.45, 7) is 4.88. The number of carbonyl (C=O) groups is 5. The topological polar surface area (TPSA) is 154 Å². The van der Waals surface area contributed by atoms with E-state index in [4.69, 9.17) is 14.2 Å². The van der Waals surface area contributed by atoms with E-state index in [1.807, 2.05) is 6.92 Å². The molecule has 0 amide bonds. The van der Waals surface area contributed by atoms with E-state index in [0.29, 0.717) is 57.8 Å². The van der Waals surface area contributed by atoms with E-state index in [1.165, 1.54) is 0 Å². The fraction of sp³-hybridized carbons (Fsp3) is 0.800. The number of hydrogen-bond donors (Lipinski definition) is 2. The van der Waals surface area contributed by atoms with Gasteiger partial charge in [0, 0.05) is 0 Å². The second-order valence-electron chi connectivity index (χ2n) is 10.2. The van der Waals surface area contributed by atoms with Crippen LogP contribution >= 0.6 is 0 Å². The number of carbonyl (C=O) groups excluding carboxylic acids is 3. The van der Waals surface area contributed by atoms with Gasteiger partial charge in [-0.05, 0) is 46.0 Å². The SMILES string of the molecule is CCC(C)(C)OC(=O)CC(COC(=O)C1CCCCC1C(=O)O)OC(=O)C1CCCCC1C(=O)O. The Bertz CT molecular complexity index is 789. The van der Waals surface area contributed by atoms with Crippen molar-refractivity contribution in [2.75, 3.05) is 6.61 Å². The molecule has 10 heteroatoms. The van der Waals surface area contributed by atoms with E-state index in [0.717, 1.165) is 0 Å². The van der Waals surface area contributed by atoms with Crippen LogP contribution in [0.3, 0.4) is 0 Å². The molecule has 2 aliphatic carbocycles. The van der Waals surface area contributed by atoms with Crippen LogP contribution in [0, 0.1) is 23.7 Å². The van der Waals surface area contributed by atoms with Crippen molar-refractivity contribution in [2.24, 2.45) is 23.7 Å². The van der Waals surface area contributed by atoms with Crippen LogP contribution in [0.5, 0.6) is 0 Å². The van der Waals surface area contributed by atoms with Gasteiger partial charge < -0.3 is 24.4 Å². The number of esters is 3. The highest BCUT2D eigenvalue weighted by Gasteiger charge is 2.40. The molecule has 5 atom stereocenters. The molecule has 0 heterocycles. The van der Waals surface area contributed by atoms with Crippen LogP contribution in [0.4, 0.5) is 0 Å². The molecule has 0 aliphatic heterocycles. The lowest BCUT2D eigenvalue weighted by Crippen LogP contribution is -2.39. The first-order valence-corrected chi connectivity index (χ1v) is 12.5. The first kappa shape index (κ1) is 28.6. The minimum absolute atomic E-state index is 0.359. The number of rotatable bonds is 11. The summed E-state index contributed by atoms with van der Waals surface area (Å²) in [5, 5.41) is 18.9. The Balaban J connectivity index is 2.09. The number of carboxylic acid groups (broad SMARTS) is 2. The maximum atomic E-state index is 12.9. The highest BCUT2D eigenvalue weighted by molar-refractivity contribution is 5.82. The Kier molecular flexibility index (Phi) is 10.5. The molecule has 2 saturated carbocycles. The number of aliphatic carboxylic acids is 2. The largest absolute Gasteiger partial charge is 0.481 e. The molecule has 2 N–H and O–H groups in total. The third-order valence-corrected chi connectivity index (χ3v) is 7.10. The van der Waals surface area contributed by atoms with Crippen molar-refractivity contribution in [2.45, 2.75) is 96.7 Å². The Labute approximate surface area is 205 Å². The van der Waals surface area contributed by atoms with Gasteiger partial charge in [0.05, 0.1) is 30.1 Å². The van der Waals surface area contributed by atoms with Gasteiger partial charge in [0.2, 0.25) is 0 Å². The highest BCUT2D eigenvalue weighted by Crippen LogP contribution is 2.33. The fourth-order valence-electron chi connectivity index (χ4n) is 4.69.